The van der Waals surface area contributed by atoms with Crippen molar-refractivity contribution in [2.24, 2.45) is 0 Å². The zero-order chi connectivity index (χ0) is 22.0. The molecule has 1 heterocycles. The Hall–Kier alpha value is -3.14. The summed E-state index contributed by atoms with van der Waals surface area (Å²) in [5.41, 5.74) is 6.22. The lowest BCUT2D eigenvalue weighted by Gasteiger charge is -2.36. The molecular weight excluding hydrogens is 386 g/mol. The Balaban J connectivity index is 1.77. The molecule has 0 spiro atoms. The number of dihydropyridines is 1. The van der Waals surface area contributed by atoms with Crippen molar-refractivity contribution in [2.45, 2.75) is 51.9 Å². The van der Waals surface area contributed by atoms with E-state index in [1.165, 1.54) is 5.56 Å². The van der Waals surface area contributed by atoms with E-state index in [1.807, 2.05) is 63.2 Å². The quantitative estimate of drug-likeness (QED) is 0.673. The van der Waals surface area contributed by atoms with Crippen molar-refractivity contribution >= 4 is 11.8 Å². The molecule has 31 heavy (non-hydrogen) atoms. The molecule has 1 aliphatic carbocycles. The van der Waals surface area contributed by atoms with Crippen LogP contribution in [0.4, 0.5) is 0 Å². The molecule has 0 amide bonds. The number of hydrogen-bond donors (Lipinski definition) is 1. The van der Waals surface area contributed by atoms with E-state index in [2.05, 4.69) is 17.4 Å². The lowest BCUT2D eigenvalue weighted by atomic mass is 9.71. The highest BCUT2D eigenvalue weighted by atomic mass is 16.5. The van der Waals surface area contributed by atoms with Gasteiger partial charge >= 0.3 is 5.97 Å². The summed E-state index contributed by atoms with van der Waals surface area (Å²) in [6.07, 6.45) is 1.96. The van der Waals surface area contributed by atoms with Gasteiger partial charge in [-0.1, -0.05) is 67.1 Å². The van der Waals surface area contributed by atoms with Gasteiger partial charge in [0.2, 0.25) is 0 Å². The maximum atomic E-state index is 13.5. The van der Waals surface area contributed by atoms with Crippen molar-refractivity contribution in [1.82, 2.24) is 5.32 Å². The van der Waals surface area contributed by atoms with E-state index in [-0.39, 0.29) is 17.7 Å². The van der Waals surface area contributed by atoms with E-state index in [0.717, 1.165) is 35.4 Å². The van der Waals surface area contributed by atoms with Crippen LogP contribution in [0.5, 0.6) is 0 Å². The molecule has 0 aromatic heterocycles. The fraction of sp³-hybridized carbons (Fsp3) is 0.333. The van der Waals surface area contributed by atoms with Gasteiger partial charge in [0, 0.05) is 29.3 Å². The van der Waals surface area contributed by atoms with E-state index < -0.39 is 5.92 Å². The van der Waals surface area contributed by atoms with Crippen molar-refractivity contribution in [2.75, 3.05) is 6.61 Å². The van der Waals surface area contributed by atoms with E-state index in [9.17, 15) is 9.59 Å². The molecule has 0 unspecified atom stereocenters. The molecule has 0 radical (unpaired) electrons. The van der Waals surface area contributed by atoms with Crippen LogP contribution in [0, 0.1) is 6.92 Å². The van der Waals surface area contributed by atoms with Crippen LogP contribution in [0.2, 0.25) is 0 Å². The van der Waals surface area contributed by atoms with E-state index >= 15 is 0 Å². The van der Waals surface area contributed by atoms with E-state index in [4.69, 9.17) is 4.74 Å². The summed E-state index contributed by atoms with van der Waals surface area (Å²) in [6, 6.07) is 18.3. The van der Waals surface area contributed by atoms with Crippen LogP contribution >= 0.6 is 0 Å². The number of rotatable bonds is 5. The van der Waals surface area contributed by atoms with Crippen LogP contribution in [0.15, 0.2) is 77.1 Å². The van der Waals surface area contributed by atoms with Gasteiger partial charge in [-0.15, -0.1) is 0 Å². The van der Waals surface area contributed by atoms with Crippen LogP contribution < -0.4 is 5.32 Å². The molecule has 0 bridgehead atoms. The predicted molar refractivity (Wildman–Crippen MR) is 121 cm³/mol. The lowest BCUT2D eigenvalue weighted by molar-refractivity contribution is -0.139. The number of nitrogens with one attached hydrogen (secondary N) is 1. The van der Waals surface area contributed by atoms with Crippen LogP contribution in [0.3, 0.4) is 0 Å². The Labute approximate surface area is 184 Å². The Morgan fingerprint density at radius 3 is 2.39 bits per heavy atom. The number of aryl methyl sites for hydroxylation is 1. The third-order valence-electron chi connectivity index (χ3n) is 6.17. The smallest absolute Gasteiger partial charge is 0.336 e. The summed E-state index contributed by atoms with van der Waals surface area (Å²) < 4.78 is 5.51. The third-order valence-corrected chi connectivity index (χ3v) is 6.17. The molecule has 2 atom stereocenters. The molecule has 4 rings (SSSR count). The first-order valence-electron chi connectivity index (χ1n) is 11.0. The number of benzene rings is 2. The minimum Gasteiger partial charge on any atom is -0.462 e. The summed E-state index contributed by atoms with van der Waals surface area (Å²) in [6.45, 7) is 6.28. The number of esters is 1. The van der Waals surface area contributed by atoms with Crippen molar-refractivity contribution in [3.05, 3.63) is 93.8 Å². The van der Waals surface area contributed by atoms with Gasteiger partial charge in [-0.05, 0) is 43.7 Å². The number of Topliss-reactive ketones (excluding diaryl/α,β-unsaturated/α-hetero) is 1. The monoisotopic (exact) mass is 415 g/mol. The van der Waals surface area contributed by atoms with Crippen molar-refractivity contribution < 1.29 is 14.3 Å². The highest BCUT2D eigenvalue weighted by Gasteiger charge is 2.41. The summed E-state index contributed by atoms with van der Waals surface area (Å²) in [7, 11) is 0. The predicted octanol–water partition coefficient (Wildman–Crippen LogP) is 5.31. The lowest BCUT2D eigenvalue weighted by Crippen LogP contribution is -2.36. The summed E-state index contributed by atoms with van der Waals surface area (Å²) in [4.78, 5) is 26.5. The average Bonchev–Trinajstić information content (AvgIpc) is 2.77. The SMILES string of the molecule is CCCOC(=O)C1=C(C)NC2=C(C(=O)C[C@H](c3ccccc3)C2)[C@H]1c1ccc(C)cc1. The summed E-state index contributed by atoms with van der Waals surface area (Å²) in [5, 5.41) is 3.40. The second-order valence-electron chi connectivity index (χ2n) is 8.47. The standard InChI is InChI=1S/C27H29NO3/c1-4-14-31-27(30)24-18(3)28-22-15-21(19-8-6-5-7-9-19)16-23(29)26(22)25(24)20-12-10-17(2)11-13-20/h5-13,21,25,28H,4,14-16H2,1-3H3/t21-,25+/m1/s1. The first-order valence-corrected chi connectivity index (χ1v) is 11.0. The number of allylic oxidation sites excluding steroid dienone is 3. The van der Waals surface area contributed by atoms with Crippen LogP contribution in [0.1, 0.15) is 61.6 Å². The molecule has 0 saturated heterocycles. The van der Waals surface area contributed by atoms with E-state index in [0.29, 0.717) is 24.2 Å². The third kappa shape index (κ3) is 4.20. The molecule has 4 heteroatoms. The Morgan fingerprint density at radius 2 is 1.71 bits per heavy atom. The van der Waals surface area contributed by atoms with Crippen LogP contribution in [-0.2, 0) is 14.3 Å². The highest BCUT2D eigenvalue weighted by molar-refractivity contribution is 6.04. The fourth-order valence-corrected chi connectivity index (χ4v) is 4.64. The maximum absolute atomic E-state index is 13.5. The van der Waals surface area contributed by atoms with Crippen LogP contribution in [0.25, 0.3) is 0 Å². The minimum atomic E-state index is -0.398. The van der Waals surface area contributed by atoms with Gasteiger partial charge in [-0.2, -0.15) is 0 Å². The summed E-state index contributed by atoms with van der Waals surface area (Å²) >= 11 is 0. The zero-order valence-electron chi connectivity index (χ0n) is 18.4. The average molecular weight is 416 g/mol. The molecule has 160 valence electrons. The van der Waals surface area contributed by atoms with Gasteiger partial charge in [0.1, 0.15) is 0 Å². The highest BCUT2D eigenvalue weighted by Crippen LogP contribution is 2.45. The molecule has 1 N–H and O–H groups in total. The summed E-state index contributed by atoms with van der Waals surface area (Å²) in [5.74, 6) is -0.506. The Kier molecular flexibility index (Phi) is 6.08. The Morgan fingerprint density at radius 1 is 1.00 bits per heavy atom. The van der Waals surface area contributed by atoms with Crippen LogP contribution in [-0.4, -0.2) is 18.4 Å². The Bertz CT molecular complexity index is 1050. The molecule has 0 fully saturated rings. The molecule has 1 aliphatic heterocycles. The topological polar surface area (TPSA) is 55.4 Å². The molecule has 2 aliphatic rings. The first-order chi connectivity index (χ1) is 15.0. The van der Waals surface area contributed by atoms with Crippen molar-refractivity contribution in [3.8, 4) is 0 Å². The fourth-order valence-electron chi connectivity index (χ4n) is 4.64. The second kappa shape index (κ2) is 8.93. The number of ether oxygens (including phenoxy) is 1. The largest absolute Gasteiger partial charge is 0.462 e. The zero-order valence-corrected chi connectivity index (χ0v) is 18.4. The van der Waals surface area contributed by atoms with E-state index in [1.54, 1.807) is 0 Å². The number of ketones is 1. The number of hydrogen-bond acceptors (Lipinski definition) is 4. The van der Waals surface area contributed by atoms with Gasteiger partial charge in [0.05, 0.1) is 12.2 Å². The van der Waals surface area contributed by atoms with Crippen molar-refractivity contribution in [3.63, 3.8) is 0 Å². The molecule has 2 aromatic rings. The van der Waals surface area contributed by atoms with Gasteiger partial charge in [-0.25, -0.2) is 4.79 Å². The van der Waals surface area contributed by atoms with Gasteiger partial charge in [0.25, 0.3) is 0 Å². The molecule has 4 nitrogen and oxygen atoms in total. The number of carbonyl (C=O) groups is 2. The second-order valence-corrected chi connectivity index (χ2v) is 8.47. The first kappa shape index (κ1) is 21.1. The molecule has 0 saturated carbocycles. The maximum Gasteiger partial charge on any atom is 0.336 e. The van der Waals surface area contributed by atoms with Gasteiger partial charge in [-0.3, -0.25) is 4.79 Å². The molecular formula is C27H29NO3. The molecule has 2 aromatic carbocycles. The normalized spacial score (nSPS) is 20.9. The number of carbonyl (C=O) groups excluding carboxylic acids is 2. The van der Waals surface area contributed by atoms with Gasteiger partial charge in [0.15, 0.2) is 5.78 Å². The van der Waals surface area contributed by atoms with Gasteiger partial charge < -0.3 is 10.1 Å². The van der Waals surface area contributed by atoms with Crippen molar-refractivity contribution in [1.29, 1.82) is 0 Å². The minimum absolute atomic E-state index is 0.0986.